The van der Waals surface area contributed by atoms with Gasteiger partial charge in [0.15, 0.2) is 0 Å². The molecule has 184 valence electrons. The Morgan fingerprint density at radius 2 is 1.74 bits per heavy atom. The zero-order chi connectivity index (χ0) is 25.6. The van der Waals surface area contributed by atoms with Crippen LogP contribution in [0.2, 0.25) is 0 Å². The summed E-state index contributed by atoms with van der Waals surface area (Å²) in [4.78, 5) is 10.6. The van der Waals surface area contributed by atoms with Gasteiger partial charge in [-0.2, -0.15) is 13.2 Å². The van der Waals surface area contributed by atoms with E-state index in [2.05, 4.69) is 4.72 Å². The van der Waals surface area contributed by atoms with Crippen LogP contribution in [0.3, 0.4) is 0 Å². The third-order valence-electron chi connectivity index (χ3n) is 4.99. The predicted octanol–water partition coefficient (Wildman–Crippen LogP) is 5.75. The highest BCUT2D eigenvalue weighted by molar-refractivity contribution is 7.92. The highest BCUT2D eigenvalue weighted by atomic mass is 32.2. The number of anilines is 1. The predicted molar refractivity (Wildman–Crippen MR) is 126 cm³/mol. The summed E-state index contributed by atoms with van der Waals surface area (Å²) < 4.78 is 73.8. The van der Waals surface area contributed by atoms with E-state index in [0.717, 1.165) is 24.3 Å². The minimum Gasteiger partial charge on any atom is -0.487 e. The lowest BCUT2D eigenvalue weighted by atomic mass is 10.1. The number of aliphatic carboxylic acids is 1. The highest BCUT2D eigenvalue weighted by Crippen LogP contribution is 2.36. The molecule has 0 heterocycles. The number of rotatable bonds is 9. The van der Waals surface area contributed by atoms with E-state index >= 15 is 0 Å². The standard InChI is InChI=1S/C25H22F3NO5S/c1-2-19-5-3-4-6-23(19)35(32,33)29-21-13-12-20(25(26,27)28)15-22(21)34-16-18-9-7-17(8-10-18)11-14-24(30)31/h3-15,29H,2,16H2,1H3,(H,30,31)/b14-11+. The Balaban J connectivity index is 1.89. The van der Waals surface area contributed by atoms with Crippen LogP contribution in [-0.2, 0) is 34.0 Å². The summed E-state index contributed by atoms with van der Waals surface area (Å²) in [6, 6.07) is 15.4. The second-order valence-electron chi connectivity index (χ2n) is 7.48. The molecule has 0 aromatic heterocycles. The van der Waals surface area contributed by atoms with Gasteiger partial charge in [0.25, 0.3) is 10.0 Å². The van der Waals surface area contributed by atoms with Crippen LogP contribution < -0.4 is 9.46 Å². The first-order valence-corrected chi connectivity index (χ1v) is 11.9. The summed E-state index contributed by atoms with van der Waals surface area (Å²) >= 11 is 0. The van der Waals surface area contributed by atoms with Gasteiger partial charge in [0.05, 0.1) is 16.1 Å². The van der Waals surface area contributed by atoms with Crippen LogP contribution in [0.5, 0.6) is 5.75 Å². The highest BCUT2D eigenvalue weighted by Gasteiger charge is 2.32. The third kappa shape index (κ3) is 6.86. The van der Waals surface area contributed by atoms with Gasteiger partial charge in [0.2, 0.25) is 0 Å². The molecule has 0 spiro atoms. The van der Waals surface area contributed by atoms with Crippen LogP contribution in [-0.4, -0.2) is 19.5 Å². The van der Waals surface area contributed by atoms with Crippen molar-refractivity contribution in [1.29, 1.82) is 0 Å². The summed E-state index contributed by atoms with van der Waals surface area (Å²) in [5, 5.41) is 8.69. The Bertz CT molecular complexity index is 1330. The van der Waals surface area contributed by atoms with Crippen LogP contribution in [0.1, 0.15) is 29.2 Å². The van der Waals surface area contributed by atoms with E-state index < -0.39 is 27.7 Å². The van der Waals surface area contributed by atoms with E-state index in [1.165, 1.54) is 12.1 Å². The van der Waals surface area contributed by atoms with Gasteiger partial charge in [-0.15, -0.1) is 0 Å². The zero-order valence-electron chi connectivity index (χ0n) is 18.5. The molecule has 0 unspecified atom stereocenters. The number of carbonyl (C=O) groups is 1. The van der Waals surface area contributed by atoms with Crippen molar-refractivity contribution in [3.05, 3.63) is 95.1 Å². The van der Waals surface area contributed by atoms with Crippen molar-refractivity contribution < 1.29 is 36.2 Å². The maximum atomic E-state index is 13.3. The molecule has 2 N–H and O–H groups in total. The lowest BCUT2D eigenvalue weighted by molar-refractivity contribution is -0.137. The van der Waals surface area contributed by atoms with Gasteiger partial charge in [-0.05, 0) is 53.5 Å². The molecule has 3 rings (SSSR count). The Morgan fingerprint density at radius 3 is 2.37 bits per heavy atom. The molecule has 3 aromatic carbocycles. The quantitative estimate of drug-likeness (QED) is 0.362. The zero-order valence-corrected chi connectivity index (χ0v) is 19.4. The maximum absolute atomic E-state index is 13.3. The van der Waals surface area contributed by atoms with Gasteiger partial charge in [-0.3, -0.25) is 4.72 Å². The van der Waals surface area contributed by atoms with Crippen molar-refractivity contribution in [3.8, 4) is 5.75 Å². The van der Waals surface area contributed by atoms with Gasteiger partial charge in [-0.25, -0.2) is 13.2 Å². The SMILES string of the molecule is CCc1ccccc1S(=O)(=O)Nc1ccc(C(F)(F)F)cc1OCc1ccc(/C=C/C(=O)O)cc1. The minimum absolute atomic E-state index is 0.0263. The molecule has 0 saturated heterocycles. The Labute approximate surface area is 200 Å². The molecule has 0 amide bonds. The van der Waals surface area contributed by atoms with Crippen LogP contribution in [0.15, 0.2) is 77.7 Å². The topological polar surface area (TPSA) is 92.7 Å². The summed E-state index contributed by atoms with van der Waals surface area (Å²) in [5.74, 6) is -1.38. The molecule has 0 radical (unpaired) electrons. The van der Waals surface area contributed by atoms with Crippen molar-refractivity contribution in [2.24, 2.45) is 0 Å². The second-order valence-corrected chi connectivity index (χ2v) is 9.13. The van der Waals surface area contributed by atoms with Gasteiger partial charge >= 0.3 is 12.1 Å². The van der Waals surface area contributed by atoms with E-state index in [9.17, 15) is 26.4 Å². The molecule has 35 heavy (non-hydrogen) atoms. The molecular weight excluding hydrogens is 483 g/mol. The number of sulfonamides is 1. The van der Waals surface area contributed by atoms with E-state index in [1.807, 2.05) is 0 Å². The molecule has 0 fully saturated rings. The molecule has 10 heteroatoms. The van der Waals surface area contributed by atoms with Crippen molar-refractivity contribution in [2.45, 2.75) is 31.0 Å². The molecule has 0 aliphatic carbocycles. The van der Waals surface area contributed by atoms with E-state index in [4.69, 9.17) is 9.84 Å². The van der Waals surface area contributed by atoms with Crippen molar-refractivity contribution >= 4 is 27.8 Å². The van der Waals surface area contributed by atoms with Gasteiger partial charge in [0, 0.05) is 6.08 Å². The number of hydrogen-bond donors (Lipinski definition) is 2. The lowest BCUT2D eigenvalue weighted by Crippen LogP contribution is -2.16. The number of ether oxygens (including phenoxy) is 1. The summed E-state index contributed by atoms with van der Waals surface area (Å²) in [7, 11) is -4.10. The fourth-order valence-corrected chi connectivity index (χ4v) is 4.60. The Kier molecular flexibility index (Phi) is 7.85. The average Bonchev–Trinajstić information content (AvgIpc) is 2.81. The number of benzene rings is 3. The second kappa shape index (κ2) is 10.6. The van der Waals surface area contributed by atoms with E-state index in [0.29, 0.717) is 23.1 Å². The molecule has 0 saturated carbocycles. The monoisotopic (exact) mass is 505 g/mol. The molecular formula is C25H22F3NO5S. The fraction of sp³-hybridized carbons (Fsp3) is 0.160. The van der Waals surface area contributed by atoms with Gasteiger partial charge < -0.3 is 9.84 Å². The van der Waals surface area contributed by atoms with E-state index in [1.54, 1.807) is 49.4 Å². The number of hydrogen-bond acceptors (Lipinski definition) is 4. The third-order valence-corrected chi connectivity index (χ3v) is 6.45. The minimum atomic E-state index is -4.65. The van der Waals surface area contributed by atoms with Gasteiger partial charge in [-0.1, -0.05) is 49.4 Å². The normalized spacial score (nSPS) is 12.0. The lowest BCUT2D eigenvalue weighted by Gasteiger charge is -2.17. The van der Waals surface area contributed by atoms with Crippen LogP contribution >= 0.6 is 0 Å². The van der Waals surface area contributed by atoms with Crippen molar-refractivity contribution in [2.75, 3.05) is 4.72 Å². The number of carboxylic acid groups (broad SMARTS) is 1. The molecule has 0 atom stereocenters. The fourth-order valence-electron chi connectivity index (χ4n) is 3.21. The maximum Gasteiger partial charge on any atom is 0.416 e. The van der Waals surface area contributed by atoms with Crippen LogP contribution in [0, 0.1) is 0 Å². The first-order chi connectivity index (χ1) is 16.5. The number of alkyl halides is 3. The molecule has 0 aliphatic rings. The molecule has 6 nitrogen and oxygen atoms in total. The first kappa shape index (κ1) is 25.8. The van der Waals surface area contributed by atoms with Crippen molar-refractivity contribution in [3.63, 3.8) is 0 Å². The number of nitrogens with one attached hydrogen (secondary N) is 1. The molecule has 0 aliphatic heterocycles. The smallest absolute Gasteiger partial charge is 0.416 e. The summed E-state index contributed by atoms with van der Waals surface area (Å²) in [6.07, 6.45) is -1.84. The molecule has 0 bridgehead atoms. The van der Waals surface area contributed by atoms with Gasteiger partial charge in [0.1, 0.15) is 12.4 Å². The molecule has 3 aromatic rings. The largest absolute Gasteiger partial charge is 0.487 e. The number of aryl methyl sites for hydroxylation is 1. The Hall–Kier alpha value is -3.79. The first-order valence-electron chi connectivity index (χ1n) is 10.4. The Morgan fingerprint density at radius 1 is 1.06 bits per heavy atom. The van der Waals surface area contributed by atoms with Crippen molar-refractivity contribution in [1.82, 2.24) is 0 Å². The summed E-state index contributed by atoms with van der Waals surface area (Å²) in [6.45, 7) is 1.65. The van der Waals surface area contributed by atoms with Crippen LogP contribution in [0.25, 0.3) is 6.08 Å². The summed E-state index contributed by atoms with van der Waals surface area (Å²) in [5.41, 5.74) is 0.633. The average molecular weight is 506 g/mol. The van der Waals surface area contributed by atoms with Crippen LogP contribution in [0.4, 0.5) is 18.9 Å². The number of halogens is 3. The van der Waals surface area contributed by atoms with E-state index in [-0.39, 0.29) is 22.9 Å². The number of carboxylic acids is 1.